The lowest BCUT2D eigenvalue weighted by Crippen LogP contribution is -2.35. The molecule has 1 aliphatic rings. The predicted molar refractivity (Wildman–Crippen MR) is 90.5 cm³/mol. The number of aliphatic hydroxyl groups is 1. The summed E-state index contributed by atoms with van der Waals surface area (Å²) in [6.07, 6.45) is 7.13. The third kappa shape index (κ3) is 5.72. The zero-order valence-corrected chi connectivity index (χ0v) is 14.7. The molecule has 0 saturated heterocycles. The lowest BCUT2D eigenvalue weighted by molar-refractivity contribution is -0.121. The first-order chi connectivity index (χ1) is 10.2. The zero-order valence-electron chi connectivity index (χ0n) is 12.3. The van der Waals surface area contributed by atoms with E-state index in [4.69, 9.17) is 0 Å². The van der Waals surface area contributed by atoms with Crippen molar-refractivity contribution in [2.24, 2.45) is 11.8 Å². The van der Waals surface area contributed by atoms with Crippen LogP contribution in [-0.4, -0.2) is 24.2 Å². The molecule has 5 heteroatoms. The first-order valence-corrected chi connectivity index (χ1v) is 9.41. The van der Waals surface area contributed by atoms with E-state index in [2.05, 4.69) is 33.4 Å². The molecule has 1 amide bonds. The lowest BCUT2D eigenvalue weighted by Gasteiger charge is -2.30. The normalized spacial score (nSPS) is 22.2. The van der Waals surface area contributed by atoms with Crippen molar-refractivity contribution in [3.8, 4) is 0 Å². The highest BCUT2D eigenvalue weighted by Crippen LogP contribution is 2.29. The van der Waals surface area contributed by atoms with Crippen molar-refractivity contribution in [2.45, 2.75) is 44.9 Å². The van der Waals surface area contributed by atoms with E-state index in [0.29, 0.717) is 18.3 Å². The van der Waals surface area contributed by atoms with Gasteiger partial charge in [-0.15, -0.1) is 11.3 Å². The maximum atomic E-state index is 11.9. The summed E-state index contributed by atoms with van der Waals surface area (Å²) < 4.78 is 1.15. The molecule has 2 rings (SSSR count). The topological polar surface area (TPSA) is 49.3 Å². The third-order valence-corrected chi connectivity index (χ3v) is 6.00. The van der Waals surface area contributed by atoms with Gasteiger partial charge >= 0.3 is 0 Å². The maximum absolute atomic E-state index is 11.9. The fourth-order valence-electron chi connectivity index (χ4n) is 3.04. The van der Waals surface area contributed by atoms with E-state index in [-0.39, 0.29) is 12.5 Å². The van der Waals surface area contributed by atoms with Crippen LogP contribution in [0.25, 0.3) is 0 Å². The first-order valence-electron chi connectivity index (χ1n) is 7.81. The van der Waals surface area contributed by atoms with Gasteiger partial charge in [-0.05, 0) is 65.6 Å². The summed E-state index contributed by atoms with van der Waals surface area (Å²) in [6.45, 7) is 0.988. The number of aryl methyl sites for hydroxylation is 1. The Morgan fingerprint density at radius 2 is 2.10 bits per heavy atom. The van der Waals surface area contributed by atoms with Gasteiger partial charge in [-0.25, -0.2) is 0 Å². The van der Waals surface area contributed by atoms with Crippen molar-refractivity contribution in [2.75, 3.05) is 13.2 Å². The van der Waals surface area contributed by atoms with Crippen LogP contribution in [-0.2, 0) is 11.2 Å². The third-order valence-electron chi connectivity index (χ3n) is 4.32. The molecule has 3 nitrogen and oxygen atoms in total. The predicted octanol–water partition coefficient (Wildman–Crippen LogP) is 3.75. The van der Waals surface area contributed by atoms with E-state index in [1.807, 2.05) is 0 Å². The molecule has 2 N–H and O–H groups in total. The van der Waals surface area contributed by atoms with Crippen molar-refractivity contribution in [1.29, 1.82) is 0 Å². The minimum absolute atomic E-state index is 0.146. The number of nitrogens with one attached hydrogen (secondary N) is 1. The summed E-state index contributed by atoms with van der Waals surface area (Å²) >= 11 is 5.19. The van der Waals surface area contributed by atoms with E-state index in [9.17, 15) is 9.90 Å². The molecule has 0 aromatic carbocycles. The molecule has 0 aliphatic heterocycles. The molecule has 1 heterocycles. The molecular weight excluding hydrogens is 350 g/mol. The Labute approximate surface area is 139 Å². The number of hydrogen-bond acceptors (Lipinski definition) is 3. The highest BCUT2D eigenvalue weighted by atomic mass is 79.9. The second-order valence-electron chi connectivity index (χ2n) is 5.85. The van der Waals surface area contributed by atoms with E-state index in [0.717, 1.165) is 36.0 Å². The van der Waals surface area contributed by atoms with Crippen LogP contribution in [0.5, 0.6) is 0 Å². The molecule has 1 aliphatic carbocycles. The molecule has 1 aromatic heterocycles. The number of thiophene rings is 1. The van der Waals surface area contributed by atoms with Gasteiger partial charge in [0.2, 0.25) is 5.91 Å². The molecule has 2 unspecified atom stereocenters. The Morgan fingerprint density at radius 1 is 1.33 bits per heavy atom. The number of rotatable bonds is 7. The van der Waals surface area contributed by atoms with Crippen LogP contribution >= 0.6 is 27.3 Å². The molecule has 1 aromatic rings. The molecule has 2 atom stereocenters. The van der Waals surface area contributed by atoms with E-state index in [1.54, 1.807) is 11.3 Å². The van der Waals surface area contributed by atoms with Crippen molar-refractivity contribution in [3.63, 3.8) is 0 Å². The van der Waals surface area contributed by atoms with Gasteiger partial charge in [0.1, 0.15) is 0 Å². The summed E-state index contributed by atoms with van der Waals surface area (Å²) in [5.41, 5.74) is 0. The molecule has 1 fully saturated rings. The van der Waals surface area contributed by atoms with Crippen molar-refractivity contribution in [3.05, 3.63) is 20.8 Å². The summed E-state index contributed by atoms with van der Waals surface area (Å²) in [5, 5.41) is 12.4. The highest BCUT2D eigenvalue weighted by Gasteiger charge is 2.24. The Kier molecular flexibility index (Phi) is 7.20. The smallest absolute Gasteiger partial charge is 0.220 e. The molecule has 118 valence electrons. The van der Waals surface area contributed by atoms with Crippen LogP contribution in [0.15, 0.2) is 15.9 Å². The zero-order chi connectivity index (χ0) is 15.1. The average Bonchev–Trinajstić information content (AvgIpc) is 2.91. The minimum atomic E-state index is 0.146. The van der Waals surface area contributed by atoms with Crippen LogP contribution in [0.1, 0.15) is 43.4 Å². The second-order valence-corrected chi connectivity index (χ2v) is 8.40. The van der Waals surface area contributed by atoms with Crippen LogP contribution in [0.4, 0.5) is 0 Å². The van der Waals surface area contributed by atoms with Gasteiger partial charge < -0.3 is 10.4 Å². The molecule has 0 bridgehead atoms. The van der Waals surface area contributed by atoms with Gasteiger partial charge in [-0.3, -0.25) is 4.79 Å². The summed E-state index contributed by atoms with van der Waals surface area (Å²) in [4.78, 5) is 13.2. The average molecular weight is 374 g/mol. The van der Waals surface area contributed by atoms with E-state index < -0.39 is 0 Å². The van der Waals surface area contributed by atoms with Gasteiger partial charge in [0.25, 0.3) is 0 Å². The molecule has 21 heavy (non-hydrogen) atoms. The van der Waals surface area contributed by atoms with Gasteiger partial charge in [-0.1, -0.05) is 12.8 Å². The summed E-state index contributed by atoms with van der Waals surface area (Å²) in [7, 11) is 0. The van der Waals surface area contributed by atoms with Crippen LogP contribution in [0, 0.1) is 11.8 Å². The molecule has 0 spiro atoms. The largest absolute Gasteiger partial charge is 0.396 e. The van der Waals surface area contributed by atoms with E-state index in [1.165, 1.54) is 17.7 Å². The second kappa shape index (κ2) is 8.91. The van der Waals surface area contributed by atoms with E-state index >= 15 is 0 Å². The van der Waals surface area contributed by atoms with Crippen molar-refractivity contribution >= 4 is 33.2 Å². The van der Waals surface area contributed by atoms with Crippen LogP contribution < -0.4 is 5.32 Å². The lowest BCUT2D eigenvalue weighted by atomic mass is 9.79. The van der Waals surface area contributed by atoms with Gasteiger partial charge in [-0.2, -0.15) is 0 Å². The van der Waals surface area contributed by atoms with Crippen molar-refractivity contribution in [1.82, 2.24) is 5.32 Å². The molecule has 0 radical (unpaired) electrons. The highest BCUT2D eigenvalue weighted by molar-refractivity contribution is 9.11. The Balaban J connectivity index is 1.62. The number of aliphatic hydroxyl groups excluding tert-OH is 1. The Hall–Kier alpha value is -0.390. The quantitative estimate of drug-likeness (QED) is 0.764. The SMILES string of the molecule is O=C(CCCc1ccc(Br)s1)NCC1CCCCC1CO. The first kappa shape index (κ1) is 17.0. The number of carbonyl (C=O) groups excluding carboxylic acids is 1. The standard InChI is InChI=1S/C16H24BrNO2S/c17-15-9-8-14(21-15)6-3-7-16(20)18-10-12-4-1-2-5-13(12)11-19/h8-9,12-13,19H,1-7,10-11H2,(H,18,20). The number of amides is 1. The Morgan fingerprint density at radius 3 is 2.76 bits per heavy atom. The fraction of sp³-hybridized carbons (Fsp3) is 0.688. The van der Waals surface area contributed by atoms with Gasteiger partial charge in [0, 0.05) is 24.4 Å². The number of halogens is 1. The van der Waals surface area contributed by atoms with Crippen LogP contribution in [0.3, 0.4) is 0 Å². The van der Waals surface area contributed by atoms with Crippen LogP contribution in [0.2, 0.25) is 0 Å². The minimum Gasteiger partial charge on any atom is -0.396 e. The van der Waals surface area contributed by atoms with Crippen molar-refractivity contribution < 1.29 is 9.90 Å². The van der Waals surface area contributed by atoms with Gasteiger partial charge in [0.15, 0.2) is 0 Å². The summed E-state index contributed by atoms with van der Waals surface area (Å²) in [6, 6.07) is 4.17. The van der Waals surface area contributed by atoms with Gasteiger partial charge in [0.05, 0.1) is 3.79 Å². The summed E-state index contributed by atoms with van der Waals surface area (Å²) in [5.74, 6) is 0.983. The molecule has 1 saturated carbocycles. The maximum Gasteiger partial charge on any atom is 0.220 e. The monoisotopic (exact) mass is 373 g/mol. The Bertz CT molecular complexity index is 449. The molecular formula is C16H24BrNO2S. The fourth-order valence-corrected chi connectivity index (χ4v) is 4.56. The number of carbonyl (C=O) groups is 1. The number of hydrogen-bond donors (Lipinski definition) is 2.